The van der Waals surface area contributed by atoms with Crippen molar-refractivity contribution in [2.75, 3.05) is 13.1 Å². The van der Waals surface area contributed by atoms with Gasteiger partial charge in [-0.25, -0.2) is 0 Å². The number of ether oxygens (including phenoxy) is 1. The average molecular weight is 293 g/mol. The summed E-state index contributed by atoms with van der Waals surface area (Å²) in [7, 11) is 0. The van der Waals surface area contributed by atoms with E-state index in [2.05, 4.69) is 16.0 Å². The summed E-state index contributed by atoms with van der Waals surface area (Å²) in [4.78, 5) is 6.66. The molecule has 1 fully saturated rings. The third-order valence-corrected chi connectivity index (χ3v) is 4.02. The maximum absolute atomic E-state index is 9.56. The molecule has 0 spiro atoms. The van der Waals surface area contributed by atoms with Crippen LogP contribution in [0, 0.1) is 11.3 Å². The van der Waals surface area contributed by atoms with E-state index in [1.807, 2.05) is 37.3 Å². The first kappa shape index (κ1) is 14.6. The molecule has 4 nitrogen and oxygen atoms in total. The summed E-state index contributed by atoms with van der Waals surface area (Å²) in [6.07, 6.45) is 4.10. The highest BCUT2D eigenvalue weighted by molar-refractivity contribution is 5.69. The molecule has 112 valence electrons. The van der Waals surface area contributed by atoms with Crippen LogP contribution in [0.5, 0.6) is 5.75 Å². The first-order chi connectivity index (χ1) is 10.8. The summed E-state index contributed by atoms with van der Waals surface area (Å²) in [5.74, 6) is 0.607. The maximum atomic E-state index is 9.56. The Balaban J connectivity index is 1.90. The predicted octanol–water partition coefficient (Wildman–Crippen LogP) is 3.44. The number of nitriles is 1. The van der Waals surface area contributed by atoms with Gasteiger partial charge in [-0.2, -0.15) is 5.26 Å². The molecule has 0 amide bonds. The minimum atomic E-state index is -0.0272. The average Bonchev–Trinajstić information content (AvgIpc) is 3.10. The second-order valence-electron chi connectivity index (χ2n) is 5.47. The van der Waals surface area contributed by atoms with E-state index >= 15 is 0 Å². The summed E-state index contributed by atoms with van der Waals surface area (Å²) >= 11 is 0. The zero-order valence-corrected chi connectivity index (χ0v) is 12.7. The molecule has 2 heterocycles. The monoisotopic (exact) mass is 293 g/mol. The van der Waals surface area contributed by atoms with Crippen LogP contribution in [0.3, 0.4) is 0 Å². The van der Waals surface area contributed by atoms with E-state index in [1.54, 1.807) is 12.3 Å². The summed E-state index contributed by atoms with van der Waals surface area (Å²) < 4.78 is 6.05. The molecule has 22 heavy (non-hydrogen) atoms. The lowest BCUT2D eigenvalue weighted by atomic mass is 10.1. The molecule has 4 heteroatoms. The van der Waals surface area contributed by atoms with Crippen LogP contribution in [0.15, 0.2) is 42.6 Å². The van der Waals surface area contributed by atoms with E-state index in [1.165, 1.54) is 12.8 Å². The standard InChI is InChI=1S/C18H19N3O/c1-14(21-11-5-6-12-21)22-17-9-10-20-18(16(17)13-19)15-7-3-2-4-8-15/h2-4,7-10,14H,5-6,11-12H2,1H3. The van der Waals surface area contributed by atoms with Crippen LogP contribution >= 0.6 is 0 Å². The fourth-order valence-corrected chi connectivity index (χ4v) is 2.83. The Hall–Kier alpha value is -2.38. The lowest BCUT2D eigenvalue weighted by molar-refractivity contribution is 0.0589. The highest BCUT2D eigenvalue weighted by Crippen LogP contribution is 2.29. The smallest absolute Gasteiger partial charge is 0.149 e. The third-order valence-electron chi connectivity index (χ3n) is 4.02. The lowest BCUT2D eigenvalue weighted by Crippen LogP contribution is -2.34. The van der Waals surface area contributed by atoms with Crippen LogP contribution in [0.25, 0.3) is 11.3 Å². The number of hydrogen-bond donors (Lipinski definition) is 0. The first-order valence-electron chi connectivity index (χ1n) is 7.65. The van der Waals surface area contributed by atoms with Gasteiger partial charge in [-0.1, -0.05) is 30.3 Å². The third kappa shape index (κ3) is 2.95. The molecule has 0 radical (unpaired) electrons. The topological polar surface area (TPSA) is 49.1 Å². The van der Waals surface area contributed by atoms with Crippen LogP contribution in [0.1, 0.15) is 25.3 Å². The van der Waals surface area contributed by atoms with E-state index in [0.717, 1.165) is 18.7 Å². The lowest BCUT2D eigenvalue weighted by Gasteiger charge is -2.25. The molecule has 1 aromatic heterocycles. The van der Waals surface area contributed by atoms with Crippen molar-refractivity contribution in [3.05, 3.63) is 48.2 Å². The summed E-state index contributed by atoms with van der Waals surface area (Å²) in [6, 6.07) is 13.8. The molecule has 2 aromatic rings. The van der Waals surface area contributed by atoms with E-state index < -0.39 is 0 Å². The van der Waals surface area contributed by atoms with Crippen LogP contribution in [-0.4, -0.2) is 29.2 Å². The Morgan fingerprint density at radius 1 is 1.18 bits per heavy atom. The second kappa shape index (κ2) is 6.59. The van der Waals surface area contributed by atoms with Crippen molar-refractivity contribution in [1.29, 1.82) is 5.26 Å². The van der Waals surface area contributed by atoms with Crippen LogP contribution in [-0.2, 0) is 0 Å². The number of nitrogens with zero attached hydrogens (tertiary/aromatic N) is 3. The highest BCUT2D eigenvalue weighted by Gasteiger charge is 2.21. The highest BCUT2D eigenvalue weighted by atomic mass is 16.5. The molecule has 3 rings (SSSR count). The summed E-state index contributed by atoms with van der Waals surface area (Å²) in [5, 5.41) is 9.56. The molecule has 1 aromatic carbocycles. The molecule has 1 unspecified atom stereocenters. The van der Waals surface area contributed by atoms with Crippen molar-refractivity contribution in [3.8, 4) is 23.1 Å². The first-order valence-corrected chi connectivity index (χ1v) is 7.65. The Morgan fingerprint density at radius 2 is 1.91 bits per heavy atom. The Morgan fingerprint density at radius 3 is 2.59 bits per heavy atom. The van der Waals surface area contributed by atoms with Gasteiger partial charge in [-0.15, -0.1) is 0 Å². The van der Waals surface area contributed by atoms with E-state index in [9.17, 15) is 5.26 Å². The summed E-state index contributed by atoms with van der Waals surface area (Å²) in [5.41, 5.74) is 2.10. The van der Waals surface area contributed by atoms with Crippen molar-refractivity contribution in [3.63, 3.8) is 0 Å². The van der Waals surface area contributed by atoms with Crippen molar-refractivity contribution in [2.45, 2.75) is 26.0 Å². The van der Waals surface area contributed by atoms with E-state index in [0.29, 0.717) is 17.0 Å². The zero-order chi connectivity index (χ0) is 15.4. The van der Waals surface area contributed by atoms with Crippen molar-refractivity contribution in [1.82, 2.24) is 9.88 Å². The number of rotatable bonds is 4. The van der Waals surface area contributed by atoms with Crippen molar-refractivity contribution < 1.29 is 4.74 Å². The van der Waals surface area contributed by atoms with Gasteiger partial charge < -0.3 is 4.74 Å². The quantitative estimate of drug-likeness (QED) is 0.866. The second-order valence-corrected chi connectivity index (χ2v) is 5.47. The van der Waals surface area contributed by atoms with Gasteiger partial charge in [0.05, 0.1) is 5.69 Å². The molecule has 1 aliphatic rings. The zero-order valence-electron chi connectivity index (χ0n) is 12.7. The van der Waals surface area contributed by atoms with Gasteiger partial charge in [0.1, 0.15) is 23.6 Å². The van der Waals surface area contributed by atoms with Gasteiger partial charge in [0.15, 0.2) is 0 Å². The fraction of sp³-hybridized carbons (Fsp3) is 0.333. The number of likely N-dealkylation sites (tertiary alicyclic amines) is 1. The number of benzene rings is 1. The molecule has 0 aliphatic carbocycles. The van der Waals surface area contributed by atoms with Crippen molar-refractivity contribution in [2.24, 2.45) is 0 Å². The van der Waals surface area contributed by atoms with Gasteiger partial charge in [-0.05, 0) is 25.8 Å². The predicted molar refractivity (Wildman–Crippen MR) is 85.3 cm³/mol. The number of pyridine rings is 1. The number of aromatic nitrogens is 1. The molecular weight excluding hydrogens is 274 g/mol. The molecule has 0 saturated carbocycles. The maximum Gasteiger partial charge on any atom is 0.149 e. The molecule has 1 aliphatic heterocycles. The molecule has 0 bridgehead atoms. The van der Waals surface area contributed by atoms with Gasteiger partial charge in [-0.3, -0.25) is 9.88 Å². The van der Waals surface area contributed by atoms with E-state index in [-0.39, 0.29) is 6.23 Å². The fourth-order valence-electron chi connectivity index (χ4n) is 2.83. The largest absolute Gasteiger partial charge is 0.474 e. The van der Waals surface area contributed by atoms with Gasteiger partial charge in [0, 0.05) is 24.8 Å². The van der Waals surface area contributed by atoms with Crippen molar-refractivity contribution >= 4 is 0 Å². The Labute approximate surface area is 131 Å². The van der Waals surface area contributed by atoms with Gasteiger partial charge in [0.25, 0.3) is 0 Å². The Bertz CT molecular complexity index is 672. The van der Waals surface area contributed by atoms with Crippen LogP contribution < -0.4 is 4.74 Å². The van der Waals surface area contributed by atoms with E-state index in [4.69, 9.17) is 4.74 Å². The minimum Gasteiger partial charge on any atom is -0.474 e. The van der Waals surface area contributed by atoms with Gasteiger partial charge >= 0.3 is 0 Å². The molecule has 1 saturated heterocycles. The minimum absolute atomic E-state index is 0.0272. The SMILES string of the molecule is CC(Oc1ccnc(-c2ccccc2)c1C#N)N1CCCC1. The number of hydrogen-bond acceptors (Lipinski definition) is 4. The molecule has 1 atom stereocenters. The molecule has 0 N–H and O–H groups in total. The normalized spacial score (nSPS) is 16.2. The van der Waals surface area contributed by atoms with Gasteiger partial charge in [0.2, 0.25) is 0 Å². The summed E-state index contributed by atoms with van der Waals surface area (Å²) in [6.45, 7) is 4.15. The van der Waals surface area contributed by atoms with Crippen LogP contribution in [0.2, 0.25) is 0 Å². The Kier molecular flexibility index (Phi) is 4.36. The van der Waals surface area contributed by atoms with Crippen LogP contribution in [0.4, 0.5) is 0 Å². The molecular formula is C18H19N3O.